The Balaban J connectivity index is 2.31. The third kappa shape index (κ3) is 3.18. The van der Waals surface area contributed by atoms with E-state index in [0.29, 0.717) is 17.9 Å². The lowest BCUT2D eigenvalue weighted by atomic mass is 10.2. The van der Waals surface area contributed by atoms with E-state index in [1.807, 2.05) is 0 Å². The number of amidine groups is 1. The second kappa shape index (κ2) is 5.90. The molecule has 0 bridgehead atoms. The number of benzene rings is 1. The zero-order valence-electron chi connectivity index (χ0n) is 11.8. The third-order valence-corrected chi connectivity index (χ3v) is 2.95. The van der Waals surface area contributed by atoms with Crippen LogP contribution in [0.4, 0.5) is 8.78 Å². The summed E-state index contributed by atoms with van der Waals surface area (Å²) >= 11 is 0. The smallest absolute Gasteiger partial charge is 0.143 e. The molecule has 0 amide bonds. The van der Waals surface area contributed by atoms with Gasteiger partial charge in [-0.3, -0.25) is 10.1 Å². The van der Waals surface area contributed by atoms with Gasteiger partial charge in [0.1, 0.15) is 28.9 Å². The Hall–Kier alpha value is -2.44. The molecule has 0 aliphatic heterocycles. The van der Waals surface area contributed by atoms with Crippen LogP contribution in [-0.2, 0) is 6.54 Å². The molecule has 1 aromatic carbocycles. The average Bonchev–Trinajstić information content (AvgIpc) is 2.75. The molecule has 0 saturated carbocycles. The first-order valence-corrected chi connectivity index (χ1v) is 6.41. The number of nitrogens with one attached hydrogen (secondary N) is 1. The van der Waals surface area contributed by atoms with E-state index in [0.717, 1.165) is 12.1 Å². The highest BCUT2D eigenvalue weighted by Crippen LogP contribution is 2.22. The molecule has 0 aliphatic rings. The van der Waals surface area contributed by atoms with Crippen LogP contribution in [0.5, 0.6) is 5.75 Å². The number of ether oxygens (including phenoxy) is 1. The van der Waals surface area contributed by atoms with Crippen molar-refractivity contribution in [3.05, 3.63) is 46.8 Å². The number of nitrogens with zero attached hydrogens (tertiary/aromatic N) is 2. The largest absolute Gasteiger partial charge is 0.494 e. The van der Waals surface area contributed by atoms with E-state index in [4.69, 9.17) is 15.9 Å². The molecule has 3 N–H and O–H groups in total. The van der Waals surface area contributed by atoms with Gasteiger partial charge >= 0.3 is 0 Å². The summed E-state index contributed by atoms with van der Waals surface area (Å²) < 4.78 is 34.4. The predicted molar refractivity (Wildman–Crippen MR) is 74.6 cm³/mol. The lowest BCUT2D eigenvalue weighted by Crippen LogP contribution is -2.14. The van der Waals surface area contributed by atoms with Crippen LogP contribution in [0.3, 0.4) is 0 Å². The van der Waals surface area contributed by atoms with Crippen molar-refractivity contribution in [2.24, 2.45) is 5.73 Å². The summed E-state index contributed by atoms with van der Waals surface area (Å²) in [7, 11) is 0. The van der Waals surface area contributed by atoms with Crippen molar-refractivity contribution in [3.8, 4) is 5.75 Å². The summed E-state index contributed by atoms with van der Waals surface area (Å²) in [5.74, 6) is -1.43. The van der Waals surface area contributed by atoms with Crippen LogP contribution in [0.25, 0.3) is 0 Å². The van der Waals surface area contributed by atoms with Crippen LogP contribution in [0.2, 0.25) is 0 Å². The van der Waals surface area contributed by atoms with Crippen molar-refractivity contribution in [3.63, 3.8) is 0 Å². The number of nitrogens with two attached hydrogens (primary N) is 1. The number of aryl methyl sites for hydroxylation is 1. The highest BCUT2D eigenvalue weighted by atomic mass is 19.1. The van der Waals surface area contributed by atoms with Gasteiger partial charge in [0.05, 0.1) is 13.2 Å². The molecule has 21 heavy (non-hydrogen) atoms. The fourth-order valence-electron chi connectivity index (χ4n) is 2.01. The number of aromatic nitrogens is 2. The van der Waals surface area contributed by atoms with Gasteiger partial charge in [-0.1, -0.05) is 0 Å². The third-order valence-electron chi connectivity index (χ3n) is 2.95. The molecule has 112 valence electrons. The van der Waals surface area contributed by atoms with Gasteiger partial charge in [-0.25, -0.2) is 8.78 Å². The molecule has 0 spiro atoms. The van der Waals surface area contributed by atoms with Crippen molar-refractivity contribution in [2.45, 2.75) is 20.4 Å². The van der Waals surface area contributed by atoms with E-state index in [1.54, 1.807) is 20.0 Å². The molecule has 7 heteroatoms. The van der Waals surface area contributed by atoms with Gasteiger partial charge in [-0.2, -0.15) is 5.10 Å². The SMILES string of the molecule is CCOc1cc(F)c(Cn2cc(C)c(C(=N)N)n2)c(F)c1. The van der Waals surface area contributed by atoms with Gasteiger partial charge in [0.25, 0.3) is 0 Å². The molecule has 1 aromatic heterocycles. The highest BCUT2D eigenvalue weighted by Gasteiger charge is 2.15. The molecule has 5 nitrogen and oxygen atoms in total. The molecule has 1 heterocycles. The summed E-state index contributed by atoms with van der Waals surface area (Å²) in [5, 5.41) is 11.4. The first-order valence-electron chi connectivity index (χ1n) is 6.41. The fraction of sp³-hybridized carbons (Fsp3) is 0.286. The molecular formula is C14H16F2N4O. The Bertz CT molecular complexity index is 659. The number of hydrogen-bond acceptors (Lipinski definition) is 3. The number of hydrogen-bond donors (Lipinski definition) is 2. The van der Waals surface area contributed by atoms with Gasteiger partial charge in [0.2, 0.25) is 0 Å². The minimum absolute atomic E-state index is 0.0851. The van der Waals surface area contributed by atoms with Crippen molar-refractivity contribution in [1.29, 1.82) is 5.41 Å². The Morgan fingerprint density at radius 2 is 2.00 bits per heavy atom. The van der Waals surface area contributed by atoms with Crippen LogP contribution in [-0.4, -0.2) is 22.2 Å². The van der Waals surface area contributed by atoms with Crippen molar-refractivity contribution in [1.82, 2.24) is 9.78 Å². The summed E-state index contributed by atoms with van der Waals surface area (Å²) in [6.45, 7) is 3.71. The minimum atomic E-state index is -0.698. The zero-order chi connectivity index (χ0) is 15.6. The monoisotopic (exact) mass is 294 g/mol. The molecule has 0 saturated heterocycles. The first kappa shape index (κ1) is 15.0. The molecule has 0 fully saturated rings. The predicted octanol–water partition coefficient (Wildman–Crippen LogP) is 2.20. The number of halogens is 2. The van der Waals surface area contributed by atoms with E-state index >= 15 is 0 Å². The Labute approximate surface area is 120 Å². The van der Waals surface area contributed by atoms with Gasteiger partial charge in [0, 0.05) is 23.9 Å². The number of nitrogen functional groups attached to an aromatic ring is 1. The molecule has 2 aromatic rings. The molecule has 2 rings (SSSR count). The quantitative estimate of drug-likeness (QED) is 0.655. The zero-order valence-corrected chi connectivity index (χ0v) is 11.8. The van der Waals surface area contributed by atoms with E-state index in [-0.39, 0.29) is 23.7 Å². The first-order chi connectivity index (χ1) is 9.92. The molecule has 0 aliphatic carbocycles. The maximum absolute atomic E-state index is 14.0. The van der Waals surface area contributed by atoms with Gasteiger partial charge in [0.15, 0.2) is 0 Å². The number of rotatable bonds is 5. The Morgan fingerprint density at radius 3 is 2.48 bits per heavy atom. The Kier molecular flexibility index (Phi) is 4.21. The van der Waals surface area contributed by atoms with Gasteiger partial charge in [-0.15, -0.1) is 0 Å². The summed E-state index contributed by atoms with van der Waals surface area (Å²) in [4.78, 5) is 0. The molecule has 0 radical (unpaired) electrons. The van der Waals surface area contributed by atoms with Crippen LogP contribution >= 0.6 is 0 Å². The summed E-state index contributed by atoms with van der Waals surface area (Å²) in [6.07, 6.45) is 1.59. The summed E-state index contributed by atoms with van der Waals surface area (Å²) in [5.41, 5.74) is 6.24. The maximum atomic E-state index is 14.0. The topological polar surface area (TPSA) is 76.9 Å². The van der Waals surface area contributed by atoms with E-state index < -0.39 is 11.6 Å². The van der Waals surface area contributed by atoms with Crippen molar-refractivity contribution < 1.29 is 13.5 Å². The van der Waals surface area contributed by atoms with E-state index in [2.05, 4.69) is 5.10 Å². The van der Waals surface area contributed by atoms with Crippen molar-refractivity contribution in [2.75, 3.05) is 6.61 Å². The summed E-state index contributed by atoms with van der Waals surface area (Å²) in [6, 6.07) is 2.29. The van der Waals surface area contributed by atoms with Gasteiger partial charge in [-0.05, 0) is 19.4 Å². The lowest BCUT2D eigenvalue weighted by Gasteiger charge is -2.09. The second-order valence-electron chi connectivity index (χ2n) is 4.57. The minimum Gasteiger partial charge on any atom is -0.494 e. The highest BCUT2D eigenvalue weighted by molar-refractivity contribution is 5.94. The molecule has 0 atom stereocenters. The standard InChI is InChI=1S/C14H16F2N4O/c1-3-21-9-4-11(15)10(12(16)5-9)7-20-6-8(2)13(19-20)14(17)18/h4-6H,3,7H2,1-2H3,(H3,17,18). The molecular weight excluding hydrogens is 278 g/mol. The lowest BCUT2D eigenvalue weighted by molar-refractivity contribution is 0.335. The fourth-order valence-corrected chi connectivity index (χ4v) is 2.01. The van der Waals surface area contributed by atoms with E-state index in [9.17, 15) is 8.78 Å². The van der Waals surface area contributed by atoms with Crippen molar-refractivity contribution >= 4 is 5.84 Å². The van der Waals surface area contributed by atoms with E-state index in [1.165, 1.54) is 4.68 Å². The van der Waals surface area contributed by atoms with Crippen LogP contribution in [0, 0.1) is 24.0 Å². The Morgan fingerprint density at radius 1 is 1.38 bits per heavy atom. The van der Waals surface area contributed by atoms with Crippen LogP contribution < -0.4 is 10.5 Å². The van der Waals surface area contributed by atoms with Crippen LogP contribution in [0.15, 0.2) is 18.3 Å². The normalized spacial score (nSPS) is 10.7. The molecule has 0 unspecified atom stereocenters. The second-order valence-corrected chi connectivity index (χ2v) is 4.57. The van der Waals surface area contributed by atoms with Gasteiger partial charge < -0.3 is 10.5 Å². The maximum Gasteiger partial charge on any atom is 0.143 e. The average molecular weight is 294 g/mol. The van der Waals surface area contributed by atoms with Crippen LogP contribution in [0.1, 0.15) is 23.7 Å².